The summed E-state index contributed by atoms with van der Waals surface area (Å²) in [6.07, 6.45) is 2.05. The van der Waals surface area contributed by atoms with Gasteiger partial charge in [-0.1, -0.05) is 36.7 Å². The molecule has 9 nitrogen and oxygen atoms in total. The first kappa shape index (κ1) is 28.7. The van der Waals surface area contributed by atoms with Crippen molar-refractivity contribution in [3.8, 4) is 5.75 Å². The van der Waals surface area contributed by atoms with Crippen LogP contribution >= 0.6 is 23.2 Å². The van der Waals surface area contributed by atoms with Crippen molar-refractivity contribution >= 4 is 69.8 Å². The SMILES string of the molecule is C=C(CC)C(=O)c1ccc(OCC(=O)Nc2ccc3c(c2)/C(=C/c2[nH]c(C)c(C(=O)O)c2C)C(=O)N3)c(Cl)c1Cl. The molecule has 1 aromatic heterocycles. The molecule has 4 rings (SSSR count). The first-order valence-electron chi connectivity index (χ1n) is 12.2. The van der Waals surface area contributed by atoms with Crippen LogP contribution in [0.15, 0.2) is 42.5 Å². The highest BCUT2D eigenvalue weighted by Gasteiger charge is 2.26. The summed E-state index contributed by atoms with van der Waals surface area (Å²) in [5, 5.41) is 14.9. The number of aromatic nitrogens is 1. The Morgan fingerprint density at radius 2 is 1.85 bits per heavy atom. The third-order valence-electron chi connectivity index (χ3n) is 6.46. The van der Waals surface area contributed by atoms with Gasteiger partial charge in [0.15, 0.2) is 12.4 Å². The lowest BCUT2D eigenvalue weighted by molar-refractivity contribution is -0.118. The van der Waals surface area contributed by atoms with Crippen molar-refractivity contribution in [3.05, 3.63) is 86.2 Å². The van der Waals surface area contributed by atoms with E-state index in [9.17, 15) is 24.3 Å². The minimum Gasteiger partial charge on any atom is -0.482 e. The average Bonchev–Trinajstić information content (AvgIpc) is 3.37. The maximum absolute atomic E-state index is 12.7. The normalized spacial score (nSPS) is 13.1. The van der Waals surface area contributed by atoms with Crippen molar-refractivity contribution in [3.63, 3.8) is 0 Å². The Bertz CT molecular complexity index is 1640. The zero-order chi connectivity index (χ0) is 29.3. The number of hydrogen-bond acceptors (Lipinski definition) is 5. The summed E-state index contributed by atoms with van der Waals surface area (Å²) in [5.41, 5.74) is 4.02. The number of anilines is 2. The predicted molar refractivity (Wildman–Crippen MR) is 155 cm³/mol. The molecule has 0 fully saturated rings. The summed E-state index contributed by atoms with van der Waals surface area (Å²) in [6, 6.07) is 7.83. The molecule has 0 atom stereocenters. The number of H-pyrrole nitrogens is 1. The average molecular weight is 582 g/mol. The number of hydrogen-bond donors (Lipinski definition) is 4. The van der Waals surface area contributed by atoms with Crippen molar-refractivity contribution in [2.45, 2.75) is 27.2 Å². The van der Waals surface area contributed by atoms with Crippen LogP contribution in [-0.2, 0) is 9.59 Å². The van der Waals surface area contributed by atoms with Crippen LogP contribution in [-0.4, -0.2) is 40.3 Å². The van der Waals surface area contributed by atoms with Gasteiger partial charge in [0.25, 0.3) is 11.8 Å². The number of Topliss-reactive ketones (excluding diaryl/α,β-unsaturated/α-hetero) is 1. The molecule has 2 aromatic carbocycles. The van der Waals surface area contributed by atoms with Crippen molar-refractivity contribution in [2.24, 2.45) is 0 Å². The summed E-state index contributed by atoms with van der Waals surface area (Å²) in [7, 11) is 0. The number of carboxylic acid groups (broad SMARTS) is 1. The lowest BCUT2D eigenvalue weighted by Gasteiger charge is -2.12. The van der Waals surface area contributed by atoms with Gasteiger partial charge in [0.2, 0.25) is 0 Å². The summed E-state index contributed by atoms with van der Waals surface area (Å²) >= 11 is 12.6. The van der Waals surface area contributed by atoms with Crippen LogP contribution in [0.4, 0.5) is 11.4 Å². The van der Waals surface area contributed by atoms with E-state index in [-0.39, 0.29) is 38.6 Å². The third kappa shape index (κ3) is 5.52. The van der Waals surface area contributed by atoms with Crippen molar-refractivity contribution in [1.29, 1.82) is 0 Å². The number of aromatic amines is 1. The molecule has 40 heavy (non-hydrogen) atoms. The van der Waals surface area contributed by atoms with Crippen LogP contribution in [0, 0.1) is 13.8 Å². The maximum atomic E-state index is 12.7. The van der Waals surface area contributed by atoms with Crippen LogP contribution in [0.25, 0.3) is 11.6 Å². The molecule has 0 saturated heterocycles. The lowest BCUT2D eigenvalue weighted by atomic mass is 10.0. The molecule has 2 heterocycles. The number of aryl methyl sites for hydroxylation is 1. The van der Waals surface area contributed by atoms with Crippen molar-refractivity contribution < 1.29 is 29.0 Å². The fourth-order valence-corrected chi connectivity index (χ4v) is 4.76. The predicted octanol–water partition coefficient (Wildman–Crippen LogP) is 6.30. The largest absolute Gasteiger partial charge is 0.482 e. The lowest BCUT2D eigenvalue weighted by Crippen LogP contribution is -2.20. The van der Waals surface area contributed by atoms with Crippen molar-refractivity contribution in [2.75, 3.05) is 17.2 Å². The van der Waals surface area contributed by atoms with E-state index >= 15 is 0 Å². The highest BCUT2D eigenvalue weighted by atomic mass is 35.5. The Kier molecular flexibility index (Phi) is 8.18. The second-order valence-electron chi connectivity index (χ2n) is 9.10. The number of halogens is 2. The molecular weight excluding hydrogens is 557 g/mol. The molecule has 0 unspecified atom stereocenters. The van der Waals surface area contributed by atoms with E-state index in [2.05, 4.69) is 22.2 Å². The Labute approximate surface area is 239 Å². The van der Waals surface area contributed by atoms with Gasteiger partial charge in [-0.2, -0.15) is 0 Å². The summed E-state index contributed by atoms with van der Waals surface area (Å²) in [6.45, 7) is 8.44. The van der Waals surface area contributed by atoms with E-state index in [1.165, 1.54) is 12.1 Å². The van der Waals surface area contributed by atoms with E-state index in [4.69, 9.17) is 27.9 Å². The standard InChI is InChI=1S/C29H25Cl2N3O6/c1-5-13(2)27(36)17-7-9-22(26(31)25(17)30)40-12-23(35)33-16-6-8-20-18(10-16)19(28(37)34-20)11-21-14(3)24(29(38)39)15(4)32-21/h6-11,32H,2,5,12H2,1,3-4H3,(H,33,35)(H,34,37)(H,38,39)/b19-11-. The van der Waals surface area contributed by atoms with E-state index in [0.29, 0.717) is 51.5 Å². The fourth-order valence-electron chi connectivity index (χ4n) is 4.30. The number of benzene rings is 2. The van der Waals surface area contributed by atoms with Gasteiger partial charge >= 0.3 is 5.97 Å². The zero-order valence-corrected chi connectivity index (χ0v) is 23.3. The number of ketones is 1. The van der Waals surface area contributed by atoms with Crippen LogP contribution in [0.2, 0.25) is 10.0 Å². The molecule has 1 aliphatic rings. The number of nitrogens with one attached hydrogen (secondary N) is 3. The summed E-state index contributed by atoms with van der Waals surface area (Å²) in [4.78, 5) is 52.3. The summed E-state index contributed by atoms with van der Waals surface area (Å²) in [5.74, 6) is -2.11. The number of carboxylic acids is 1. The van der Waals surface area contributed by atoms with Gasteiger partial charge in [-0.05, 0) is 67.8 Å². The first-order chi connectivity index (χ1) is 18.9. The van der Waals surface area contributed by atoms with Crippen molar-refractivity contribution in [1.82, 2.24) is 4.98 Å². The number of rotatable bonds is 9. The molecule has 11 heteroatoms. The first-order valence-corrected chi connectivity index (χ1v) is 12.9. The second-order valence-corrected chi connectivity index (χ2v) is 9.86. The van der Waals surface area contributed by atoms with E-state index in [1.807, 2.05) is 0 Å². The molecule has 3 aromatic rings. The number of aromatic carboxylic acids is 1. The molecule has 1 aliphatic heterocycles. The molecule has 0 bridgehead atoms. The Balaban J connectivity index is 1.50. The number of allylic oxidation sites excluding steroid dienone is 1. The number of amides is 2. The second kappa shape index (κ2) is 11.4. The molecule has 0 spiro atoms. The van der Waals surface area contributed by atoms with Gasteiger partial charge in [-0.15, -0.1) is 0 Å². The highest BCUT2D eigenvalue weighted by molar-refractivity contribution is 6.45. The van der Waals surface area contributed by atoms with Crippen LogP contribution < -0.4 is 15.4 Å². The molecule has 0 saturated carbocycles. The van der Waals surface area contributed by atoms with E-state index < -0.39 is 18.5 Å². The highest BCUT2D eigenvalue weighted by Crippen LogP contribution is 2.37. The van der Waals surface area contributed by atoms with Gasteiger partial charge in [0.05, 0.1) is 16.2 Å². The molecule has 4 N–H and O–H groups in total. The summed E-state index contributed by atoms with van der Waals surface area (Å²) < 4.78 is 5.54. The Hall–Kier alpha value is -4.34. The molecule has 0 radical (unpaired) electrons. The number of ether oxygens (including phenoxy) is 1. The van der Waals surface area contributed by atoms with Gasteiger partial charge in [-0.25, -0.2) is 4.79 Å². The Morgan fingerprint density at radius 3 is 2.50 bits per heavy atom. The quantitative estimate of drug-likeness (QED) is 0.173. The van der Waals surface area contributed by atoms with Crippen LogP contribution in [0.1, 0.15) is 56.6 Å². The molecule has 2 amide bonds. The minimum absolute atomic E-state index is 0.00187. The van der Waals surface area contributed by atoms with Gasteiger partial charge in [0.1, 0.15) is 10.8 Å². The van der Waals surface area contributed by atoms with Gasteiger partial charge in [0, 0.05) is 33.9 Å². The van der Waals surface area contributed by atoms with E-state index in [1.54, 1.807) is 45.0 Å². The molecule has 0 aliphatic carbocycles. The van der Waals surface area contributed by atoms with Crippen LogP contribution in [0.3, 0.4) is 0 Å². The van der Waals surface area contributed by atoms with Gasteiger partial charge in [-0.3, -0.25) is 14.4 Å². The smallest absolute Gasteiger partial charge is 0.337 e. The number of carbonyl (C=O) groups excluding carboxylic acids is 3. The Morgan fingerprint density at radius 1 is 1.12 bits per heavy atom. The van der Waals surface area contributed by atoms with Crippen LogP contribution in [0.5, 0.6) is 5.75 Å². The fraction of sp³-hybridized carbons (Fsp3) is 0.172. The zero-order valence-electron chi connectivity index (χ0n) is 21.8. The monoisotopic (exact) mass is 581 g/mol. The molecule has 206 valence electrons. The van der Waals surface area contributed by atoms with Gasteiger partial charge < -0.3 is 25.5 Å². The number of carbonyl (C=O) groups is 4. The van der Waals surface area contributed by atoms with E-state index in [0.717, 1.165) is 0 Å². The topological polar surface area (TPSA) is 138 Å². The molecular formula is C29H25Cl2N3O6. The maximum Gasteiger partial charge on any atom is 0.337 e. The third-order valence-corrected chi connectivity index (χ3v) is 7.33. The number of fused-ring (bicyclic) bond motifs is 1. The minimum atomic E-state index is -1.06.